The van der Waals surface area contributed by atoms with Crippen molar-refractivity contribution in [2.24, 2.45) is 5.92 Å². The van der Waals surface area contributed by atoms with Gasteiger partial charge in [-0.15, -0.1) is 0 Å². The molecule has 2 aromatic carbocycles. The van der Waals surface area contributed by atoms with Crippen molar-refractivity contribution >= 4 is 11.8 Å². The second-order valence-electron chi connectivity index (χ2n) is 8.18. The molecule has 162 valence electrons. The average Bonchev–Trinajstić information content (AvgIpc) is 2.71. The van der Waals surface area contributed by atoms with Crippen LogP contribution >= 0.6 is 0 Å². The number of amides is 2. The third-order valence-corrected chi connectivity index (χ3v) is 4.89. The Bertz CT molecular complexity index is 831. The lowest BCUT2D eigenvalue weighted by atomic mass is 10.1. The lowest BCUT2D eigenvalue weighted by Crippen LogP contribution is -2.50. The van der Waals surface area contributed by atoms with Gasteiger partial charge in [0.2, 0.25) is 5.91 Å². The zero-order chi connectivity index (χ0) is 22.1. The standard InChI is InChI=1S/C25H34N2O3/c1-6-23(25(29)26-15-18(2)3)27(16-21-9-7-8-20(5)14-21)24(28)17-30-22-12-10-19(4)11-13-22/h7-14,18,23H,6,15-17H2,1-5H3,(H,26,29). The molecule has 2 amide bonds. The normalized spacial score (nSPS) is 11.8. The minimum Gasteiger partial charge on any atom is -0.484 e. The molecule has 1 unspecified atom stereocenters. The van der Waals surface area contributed by atoms with Crippen LogP contribution in [0.1, 0.15) is 43.9 Å². The van der Waals surface area contributed by atoms with E-state index in [0.717, 1.165) is 16.7 Å². The molecule has 0 saturated carbocycles. The largest absolute Gasteiger partial charge is 0.484 e. The highest BCUT2D eigenvalue weighted by Crippen LogP contribution is 2.16. The summed E-state index contributed by atoms with van der Waals surface area (Å²) in [4.78, 5) is 27.6. The Morgan fingerprint density at radius 3 is 2.33 bits per heavy atom. The molecular weight excluding hydrogens is 376 g/mol. The van der Waals surface area contributed by atoms with Gasteiger partial charge in [0, 0.05) is 13.1 Å². The zero-order valence-corrected chi connectivity index (χ0v) is 18.8. The molecular formula is C25H34N2O3. The summed E-state index contributed by atoms with van der Waals surface area (Å²) in [5.74, 6) is 0.658. The number of aryl methyl sites for hydroxylation is 2. The Balaban J connectivity index is 2.18. The van der Waals surface area contributed by atoms with Gasteiger partial charge in [-0.25, -0.2) is 0 Å². The summed E-state index contributed by atoms with van der Waals surface area (Å²) in [6.45, 7) is 10.9. The van der Waals surface area contributed by atoms with Crippen LogP contribution in [0.15, 0.2) is 48.5 Å². The van der Waals surface area contributed by atoms with Crippen LogP contribution in [-0.2, 0) is 16.1 Å². The molecule has 0 bridgehead atoms. The van der Waals surface area contributed by atoms with E-state index in [4.69, 9.17) is 4.74 Å². The molecule has 1 N–H and O–H groups in total. The van der Waals surface area contributed by atoms with Crippen molar-refractivity contribution in [2.45, 2.75) is 53.6 Å². The monoisotopic (exact) mass is 410 g/mol. The van der Waals surface area contributed by atoms with Crippen molar-refractivity contribution in [3.63, 3.8) is 0 Å². The van der Waals surface area contributed by atoms with Gasteiger partial charge in [0.1, 0.15) is 11.8 Å². The van der Waals surface area contributed by atoms with Gasteiger partial charge >= 0.3 is 0 Å². The predicted molar refractivity (Wildman–Crippen MR) is 120 cm³/mol. The molecule has 5 nitrogen and oxygen atoms in total. The van der Waals surface area contributed by atoms with E-state index in [0.29, 0.717) is 31.2 Å². The molecule has 0 aliphatic rings. The van der Waals surface area contributed by atoms with Crippen molar-refractivity contribution in [1.29, 1.82) is 0 Å². The first-order valence-corrected chi connectivity index (χ1v) is 10.6. The number of rotatable bonds is 10. The Hall–Kier alpha value is -2.82. The predicted octanol–water partition coefficient (Wildman–Crippen LogP) is 4.26. The third-order valence-electron chi connectivity index (χ3n) is 4.89. The molecule has 0 saturated heterocycles. The van der Waals surface area contributed by atoms with E-state index >= 15 is 0 Å². The fourth-order valence-electron chi connectivity index (χ4n) is 3.21. The molecule has 0 aromatic heterocycles. The van der Waals surface area contributed by atoms with E-state index in [-0.39, 0.29) is 18.4 Å². The highest BCUT2D eigenvalue weighted by atomic mass is 16.5. The van der Waals surface area contributed by atoms with E-state index in [1.54, 1.807) is 4.90 Å². The van der Waals surface area contributed by atoms with Gasteiger partial charge in [0.15, 0.2) is 6.61 Å². The SMILES string of the molecule is CCC(C(=O)NCC(C)C)N(Cc1cccc(C)c1)C(=O)COc1ccc(C)cc1. The summed E-state index contributed by atoms with van der Waals surface area (Å²) in [6.07, 6.45) is 0.534. The molecule has 1 atom stereocenters. The summed E-state index contributed by atoms with van der Waals surface area (Å²) < 4.78 is 5.71. The van der Waals surface area contributed by atoms with Crippen LogP contribution in [0.3, 0.4) is 0 Å². The fraction of sp³-hybridized carbons (Fsp3) is 0.440. The van der Waals surface area contributed by atoms with Gasteiger partial charge in [-0.2, -0.15) is 0 Å². The molecule has 2 aromatic rings. The van der Waals surface area contributed by atoms with Crippen molar-refractivity contribution in [3.8, 4) is 5.75 Å². The molecule has 0 heterocycles. The maximum absolute atomic E-state index is 13.1. The van der Waals surface area contributed by atoms with E-state index in [2.05, 4.69) is 5.32 Å². The van der Waals surface area contributed by atoms with Crippen molar-refractivity contribution in [3.05, 3.63) is 65.2 Å². The number of hydrogen-bond donors (Lipinski definition) is 1. The number of hydrogen-bond acceptors (Lipinski definition) is 3. The lowest BCUT2D eigenvalue weighted by Gasteiger charge is -2.31. The molecule has 0 radical (unpaired) electrons. The number of benzene rings is 2. The highest BCUT2D eigenvalue weighted by molar-refractivity contribution is 5.88. The van der Waals surface area contributed by atoms with Gasteiger partial charge in [0.05, 0.1) is 0 Å². The first-order valence-electron chi connectivity index (χ1n) is 10.6. The van der Waals surface area contributed by atoms with Crippen LogP contribution in [-0.4, -0.2) is 35.9 Å². The van der Waals surface area contributed by atoms with Gasteiger partial charge in [-0.1, -0.05) is 68.3 Å². The zero-order valence-electron chi connectivity index (χ0n) is 18.8. The second kappa shape index (κ2) is 11.4. The summed E-state index contributed by atoms with van der Waals surface area (Å²) in [7, 11) is 0. The number of nitrogens with one attached hydrogen (secondary N) is 1. The molecule has 0 aliphatic carbocycles. The Morgan fingerprint density at radius 2 is 1.73 bits per heavy atom. The van der Waals surface area contributed by atoms with Gasteiger partial charge < -0.3 is 15.0 Å². The van der Waals surface area contributed by atoms with Crippen LogP contribution in [0.4, 0.5) is 0 Å². The van der Waals surface area contributed by atoms with E-state index in [1.165, 1.54) is 0 Å². The molecule has 0 fully saturated rings. The van der Waals surface area contributed by atoms with E-state index < -0.39 is 6.04 Å². The van der Waals surface area contributed by atoms with Gasteiger partial charge in [-0.3, -0.25) is 9.59 Å². The lowest BCUT2D eigenvalue weighted by molar-refractivity contribution is -0.143. The van der Waals surface area contributed by atoms with Gasteiger partial charge in [0.25, 0.3) is 5.91 Å². The van der Waals surface area contributed by atoms with Crippen molar-refractivity contribution < 1.29 is 14.3 Å². The molecule has 5 heteroatoms. The summed E-state index contributed by atoms with van der Waals surface area (Å²) in [6, 6.07) is 15.0. The maximum atomic E-state index is 13.1. The van der Waals surface area contributed by atoms with Crippen LogP contribution < -0.4 is 10.1 Å². The highest BCUT2D eigenvalue weighted by Gasteiger charge is 2.29. The molecule has 2 rings (SSSR count). The smallest absolute Gasteiger partial charge is 0.261 e. The number of carbonyl (C=O) groups excluding carboxylic acids is 2. The minimum absolute atomic E-state index is 0.108. The van der Waals surface area contributed by atoms with Crippen molar-refractivity contribution in [1.82, 2.24) is 10.2 Å². The van der Waals surface area contributed by atoms with E-state index in [9.17, 15) is 9.59 Å². The quantitative estimate of drug-likeness (QED) is 0.637. The van der Waals surface area contributed by atoms with Crippen LogP contribution in [0.2, 0.25) is 0 Å². The minimum atomic E-state index is -0.543. The van der Waals surface area contributed by atoms with Crippen LogP contribution in [0.25, 0.3) is 0 Å². The maximum Gasteiger partial charge on any atom is 0.261 e. The van der Waals surface area contributed by atoms with Gasteiger partial charge in [-0.05, 0) is 43.9 Å². The number of nitrogens with zero attached hydrogens (tertiary/aromatic N) is 1. The number of carbonyl (C=O) groups is 2. The Labute approximate surface area is 180 Å². The first-order chi connectivity index (χ1) is 14.3. The van der Waals surface area contributed by atoms with E-state index in [1.807, 2.05) is 83.1 Å². The number of ether oxygens (including phenoxy) is 1. The first kappa shape index (κ1) is 23.5. The Kier molecular flexibility index (Phi) is 8.90. The topological polar surface area (TPSA) is 58.6 Å². The summed E-state index contributed by atoms with van der Waals surface area (Å²) in [5.41, 5.74) is 3.24. The van der Waals surface area contributed by atoms with Crippen LogP contribution in [0.5, 0.6) is 5.75 Å². The van der Waals surface area contributed by atoms with Crippen LogP contribution in [0, 0.1) is 19.8 Å². The second-order valence-corrected chi connectivity index (χ2v) is 8.18. The average molecular weight is 411 g/mol. The fourth-order valence-corrected chi connectivity index (χ4v) is 3.21. The molecule has 0 aliphatic heterocycles. The molecule has 30 heavy (non-hydrogen) atoms. The summed E-state index contributed by atoms with van der Waals surface area (Å²) in [5, 5.41) is 2.97. The Morgan fingerprint density at radius 1 is 1.03 bits per heavy atom. The molecule has 0 spiro atoms. The summed E-state index contributed by atoms with van der Waals surface area (Å²) >= 11 is 0. The van der Waals surface area contributed by atoms with Crippen molar-refractivity contribution in [2.75, 3.05) is 13.2 Å². The third kappa shape index (κ3) is 7.21.